The summed E-state index contributed by atoms with van der Waals surface area (Å²) in [4.78, 5) is 26.8. The van der Waals surface area contributed by atoms with Crippen molar-refractivity contribution >= 4 is 34.7 Å². The lowest BCUT2D eigenvalue weighted by Gasteiger charge is -2.16. The summed E-state index contributed by atoms with van der Waals surface area (Å²) in [6.45, 7) is 4.83. The average Bonchev–Trinajstić information content (AvgIpc) is 2.91. The molecule has 1 fully saturated rings. The molecule has 3 rings (SSSR count). The summed E-state index contributed by atoms with van der Waals surface area (Å²) in [7, 11) is 0. The van der Waals surface area contributed by atoms with Gasteiger partial charge >= 0.3 is 0 Å². The summed E-state index contributed by atoms with van der Waals surface area (Å²) in [5, 5.41) is -0.334. The van der Waals surface area contributed by atoms with Gasteiger partial charge in [0, 0.05) is 0 Å². The molecule has 0 saturated carbocycles. The molecule has 2 aromatic carbocycles. The zero-order chi connectivity index (χ0) is 18.5. The minimum Gasteiger partial charge on any atom is -0.494 e. The maximum Gasteiger partial charge on any atom is 0.298 e. The minimum absolute atomic E-state index is 0.334. The van der Waals surface area contributed by atoms with E-state index >= 15 is 0 Å². The Balaban J connectivity index is 1.87. The van der Waals surface area contributed by atoms with Crippen molar-refractivity contribution in [1.29, 1.82) is 0 Å². The van der Waals surface area contributed by atoms with Gasteiger partial charge in [-0.1, -0.05) is 24.3 Å². The van der Waals surface area contributed by atoms with Gasteiger partial charge in [-0.05, 0) is 61.5 Å². The van der Waals surface area contributed by atoms with Crippen LogP contribution in [0.1, 0.15) is 19.4 Å². The average molecular weight is 369 g/mol. The van der Waals surface area contributed by atoms with Gasteiger partial charge < -0.3 is 9.47 Å². The third kappa shape index (κ3) is 3.75. The number of imide groups is 1. The molecule has 0 N–H and O–H groups in total. The maximum atomic E-state index is 12.8. The highest BCUT2D eigenvalue weighted by Gasteiger charge is 2.37. The Morgan fingerprint density at radius 2 is 1.65 bits per heavy atom. The lowest BCUT2D eigenvalue weighted by atomic mass is 10.2. The number of amides is 2. The van der Waals surface area contributed by atoms with Gasteiger partial charge in [-0.3, -0.25) is 9.59 Å². The Morgan fingerprint density at radius 3 is 2.35 bits per heavy atom. The number of ether oxygens (including phenoxy) is 2. The minimum atomic E-state index is -0.346. The largest absolute Gasteiger partial charge is 0.494 e. The summed E-state index contributed by atoms with van der Waals surface area (Å²) in [6, 6.07) is 14.4. The number of carbonyl (C=O) groups excluding carboxylic acids is 2. The second kappa shape index (κ2) is 8.10. The van der Waals surface area contributed by atoms with Gasteiger partial charge in [0.15, 0.2) is 0 Å². The van der Waals surface area contributed by atoms with Gasteiger partial charge in [0.2, 0.25) is 0 Å². The molecule has 0 spiro atoms. The van der Waals surface area contributed by atoms with Crippen molar-refractivity contribution in [2.24, 2.45) is 0 Å². The Morgan fingerprint density at radius 1 is 0.962 bits per heavy atom. The molecule has 0 radical (unpaired) electrons. The van der Waals surface area contributed by atoms with Crippen molar-refractivity contribution < 1.29 is 19.1 Å². The van der Waals surface area contributed by atoms with Crippen molar-refractivity contribution in [2.75, 3.05) is 18.1 Å². The van der Waals surface area contributed by atoms with Gasteiger partial charge in [-0.25, -0.2) is 4.90 Å². The molecule has 6 heteroatoms. The number of hydrogen-bond acceptors (Lipinski definition) is 5. The van der Waals surface area contributed by atoms with E-state index in [1.54, 1.807) is 24.3 Å². The number of hydrogen-bond donors (Lipinski definition) is 0. The van der Waals surface area contributed by atoms with E-state index in [0.717, 1.165) is 28.0 Å². The SMILES string of the molecule is CCOc1ccc(/C=C2\SC(=O)N(c3ccccc3OCC)C2=O)cc1. The second-order valence-electron chi connectivity index (χ2n) is 5.42. The molecule has 1 heterocycles. The van der Waals surface area contributed by atoms with Crippen molar-refractivity contribution in [3.05, 3.63) is 59.0 Å². The number of nitrogens with zero attached hydrogens (tertiary/aromatic N) is 1. The molecule has 0 atom stereocenters. The van der Waals surface area contributed by atoms with Gasteiger partial charge in [0.05, 0.1) is 23.8 Å². The maximum absolute atomic E-state index is 12.8. The number of anilines is 1. The van der Waals surface area contributed by atoms with E-state index in [9.17, 15) is 9.59 Å². The molecule has 26 heavy (non-hydrogen) atoms. The van der Waals surface area contributed by atoms with E-state index in [1.165, 1.54) is 0 Å². The fraction of sp³-hybridized carbons (Fsp3) is 0.200. The fourth-order valence-electron chi connectivity index (χ4n) is 2.57. The summed E-state index contributed by atoms with van der Waals surface area (Å²) in [5.41, 5.74) is 1.30. The third-order valence-corrected chi connectivity index (χ3v) is 4.56. The van der Waals surface area contributed by atoms with E-state index in [1.807, 2.05) is 44.2 Å². The van der Waals surface area contributed by atoms with E-state index < -0.39 is 0 Å². The highest BCUT2D eigenvalue weighted by atomic mass is 32.2. The molecule has 1 aliphatic heterocycles. The highest BCUT2D eigenvalue weighted by molar-refractivity contribution is 8.19. The van der Waals surface area contributed by atoms with Crippen LogP contribution >= 0.6 is 11.8 Å². The van der Waals surface area contributed by atoms with E-state index in [2.05, 4.69) is 0 Å². The molecular formula is C20H19NO4S. The van der Waals surface area contributed by atoms with Crippen LogP contribution in [0.3, 0.4) is 0 Å². The lowest BCUT2D eigenvalue weighted by molar-refractivity contribution is -0.113. The van der Waals surface area contributed by atoms with Crippen LogP contribution < -0.4 is 14.4 Å². The number of benzene rings is 2. The van der Waals surface area contributed by atoms with Gasteiger partial charge in [0.25, 0.3) is 11.1 Å². The summed E-state index contributed by atoms with van der Waals surface area (Å²) >= 11 is 0.924. The van der Waals surface area contributed by atoms with Crippen molar-refractivity contribution in [2.45, 2.75) is 13.8 Å². The second-order valence-corrected chi connectivity index (χ2v) is 6.41. The standard InChI is InChI=1S/C20H19NO4S/c1-3-24-15-11-9-14(10-12-15)13-18-19(22)21(20(23)26-18)16-7-5-6-8-17(16)25-4-2/h5-13H,3-4H2,1-2H3/b18-13-. The van der Waals surface area contributed by atoms with Crippen LogP contribution in [0.4, 0.5) is 10.5 Å². The zero-order valence-corrected chi connectivity index (χ0v) is 15.4. The smallest absolute Gasteiger partial charge is 0.298 e. The quantitative estimate of drug-likeness (QED) is 0.689. The summed E-state index contributed by atoms with van der Waals surface area (Å²) in [5.74, 6) is 0.934. The van der Waals surface area contributed by atoms with E-state index in [4.69, 9.17) is 9.47 Å². The van der Waals surface area contributed by atoms with Gasteiger partial charge in [0.1, 0.15) is 11.5 Å². The van der Waals surface area contributed by atoms with Crippen LogP contribution in [0.2, 0.25) is 0 Å². The Kier molecular flexibility index (Phi) is 5.63. The van der Waals surface area contributed by atoms with Gasteiger partial charge in [-0.2, -0.15) is 0 Å². The Labute approximate surface area is 156 Å². The first kappa shape index (κ1) is 18.1. The van der Waals surface area contributed by atoms with Crippen molar-refractivity contribution in [1.82, 2.24) is 0 Å². The summed E-state index contributed by atoms with van der Waals surface area (Å²) < 4.78 is 11.0. The molecule has 0 aliphatic carbocycles. The monoisotopic (exact) mass is 369 g/mol. The molecule has 0 bridgehead atoms. The van der Waals surface area contributed by atoms with Crippen LogP contribution in [0.15, 0.2) is 53.4 Å². The van der Waals surface area contributed by atoms with Crippen molar-refractivity contribution in [3.63, 3.8) is 0 Å². The molecule has 134 valence electrons. The molecule has 0 aromatic heterocycles. The van der Waals surface area contributed by atoms with E-state index in [0.29, 0.717) is 29.6 Å². The van der Waals surface area contributed by atoms with Crippen LogP contribution in [-0.4, -0.2) is 24.4 Å². The zero-order valence-electron chi connectivity index (χ0n) is 14.6. The first-order chi connectivity index (χ1) is 12.6. The number of thioether (sulfide) groups is 1. The van der Waals surface area contributed by atoms with Crippen molar-refractivity contribution in [3.8, 4) is 11.5 Å². The highest BCUT2D eigenvalue weighted by Crippen LogP contribution is 2.39. The molecule has 2 amide bonds. The van der Waals surface area contributed by atoms with Crippen LogP contribution in [0, 0.1) is 0 Å². The predicted octanol–water partition coefficient (Wildman–Crippen LogP) is 4.72. The summed E-state index contributed by atoms with van der Waals surface area (Å²) in [6.07, 6.45) is 1.71. The number of rotatable bonds is 6. The number of para-hydroxylation sites is 2. The Hall–Kier alpha value is -2.73. The first-order valence-electron chi connectivity index (χ1n) is 8.36. The fourth-order valence-corrected chi connectivity index (χ4v) is 3.41. The lowest BCUT2D eigenvalue weighted by Crippen LogP contribution is -2.28. The Bertz CT molecular complexity index is 845. The van der Waals surface area contributed by atoms with Crippen LogP contribution in [0.5, 0.6) is 11.5 Å². The van der Waals surface area contributed by atoms with Gasteiger partial charge in [-0.15, -0.1) is 0 Å². The molecule has 0 unspecified atom stereocenters. The molecule has 2 aromatic rings. The number of carbonyl (C=O) groups is 2. The van der Waals surface area contributed by atoms with E-state index in [-0.39, 0.29) is 11.1 Å². The normalized spacial score (nSPS) is 15.6. The molecule has 5 nitrogen and oxygen atoms in total. The molecule has 1 saturated heterocycles. The third-order valence-electron chi connectivity index (χ3n) is 3.69. The molecular weight excluding hydrogens is 350 g/mol. The van der Waals surface area contributed by atoms with Crippen LogP contribution in [0.25, 0.3) is 6.08 Å². The predicted molar refractivity (Wildman–Crippen MR) is 104 cm³/mol. The molecule has 1 aliphatic rings. The van der Waals surface area contributed by atoms with Crippen LogP contribution in [-0.2, 0) is 4.79 Å². The topological polar surface area (TPSA) is 55.8 Å². The first-order valence-corrected chi connectivity index (χ1v) is 9.18.